The van der Waals surface area contributed by atoms with Crippen LogP contribution in [0.15, 0.2) is 23.1 Å². The molecule has 2 heterocycles. The number of benzene rings is 1. The number of carbonyl (C=O) groups is 1. The van der Waals surface area contributed by atoms with Crippen LogP contribution in [-0.2, 0) is 27.7 Å². The summed E-state index contributed by atoms with van der Waals surface area (Å²) in [6.45, 7) is 4.64. The molecule has 0 unspecified atom stereocenters. The summed E-state index contributed by atoms with van der Waals surface area (Å²) in [7, 11) is -1.80. The molecule has 1 N–H and O–H groups in total. The highest BCUT2D eigenvalue weighted by Gasteiger charge is 2.29. The number of carbonyl (C=O) groups excluding carboxylic acids is 1. The van der Waals surface area contributed by atoms with E-state index in [0.717, 1.165) is 43.5 Å². The zero-order chi connectivity index (χ0) is 18.0. The van der Waals surface area contributed by atoms with Crippen LogP contribution in [0.25, 0.3) is 0 Å². The lowest BCUT2D eigenvalue weighted by Gasteiger charge is -2.31. The fourth-order valence-corrected chi connectivity index (χ4v) is 5.18. The van der Waals surface area contributed by atoms with Gasteiger partial charge in [-0.1, -0.05) is 6.07 Å². The SMILES string of the molecule is CC(=O)N1CCc2ccc(S(=O)(=O)N(C)C3CCNCC3)cc2CC1. The fraction of sp³-hybridized carbons (Fsp3) is 0.611. The van der Waals surface area contributed by atoms with Gasteiger partial charge in [0.1, 0.15) is 0 Å². The standard InChI is InChI=1S/C18H27N3O3S/c1-14(22)21-11-7-15-3-4-18(13-16(15)8-12-21)25(23,24)20(2)17-5-9-19-10-6-17/h3-4,13,17,19H,5-12H2,1-2H3. The molecule has 7 heteroatoms. The minimum atomic E-state index is -3.49. The van der Waals surface area contributed by atoms with Crippen LogP contribution in [0.3, 0.4) is 0 Å². The smallest absolute Gasteiger partial charge is 0.243 e. The molecule has 6 nitrogen and oxygen atoms in total. The summed E-state index contributed by atoms with van der Waals surface area (Å²) in [5, 5.41) is 3.27. The van der Waals surface area contributed by atoms with E-state index in [-0.39, 0.29) is 11.9 Å². The number of nitrogens with one attached hydrogen (secondary N) is 1. The molecule has 0 aliphatic carbocycles. The Morgan fingerprint density at radius 1 is 1.16 bits per heavy atom. The number of rotatable bonds is 3. The van der Waals surface area contributed by atoms with Crippen molar-refractivity contribution in [2.24, 2.45) is 0 Å². The van der Waals surface area contributed by atoms with Crippen molar-refractivity contribution < 1.29 is 13.2 Å². The van der Waals surface area contributed by atoms with Crippen LogP contribution in [0.2, 0.25) is 0 Å². The Balaban J connectivity index is 1.83. The van der Waals surface area contributed by atoms with Gasteiger partial charge in [0.15, 0.2) is 0 Å². The molecule has 0 spiro atoms. The Morgan fingerprint density at radius 2 is 1.80 bits per heavy atom. The van der Waals surface area contributed by atoms with Gasteiger partial charge in [-0.2, -0.15) is 4.31 Å². The number of fused-ring (bicyclic) bond motifs is 1. The monoisotopic (exact) mass is 365 g/mol. The third kappa shape index (κ3) is 3.88. The molecule has 0 radical (unpaired) electrons. The Kier molecular flexibility index (Phi) is 5.46. The normalized spacial score (nSPS) is 19.6. The molecular formula is C18H27N3O3S. The van der Waals surface area contributed by atoms with Gasteiger partial charge in [0.05, 0.1) is 4.90 Å². The van der Waals surface area contributed by atoms with E-state index >= 15 is 0 Å². The van der Waals surface area contributed by atoms with Crippen molar-refractivity contribution in [2.45, 2.75) is 43.5 Å². The Hall–Kier alpha value is -1.44. The third-order valence-electron chi connectivity index (χ3n) is 5.43. The summed E-state index contributed by atoms with van der Waals surface area (Å²) in [5.41, 5.74) is 2.19. The van der Waals surface area contributed by atoms with Crippen molar-refractivity contribution in [3.05, 3.63) is 29.3 Å². The molecule has 3 rings (SSSR count). The van der Waals surface area contributed by atoms with Crippen molar-refractivity contribution in [3.8, 4) is 0 Å². The predicted octanol–water partition coefficient (Wildman–Crippen LogP) is 1.01. The Morgan fingerprint density at radius 3 is 2.44 bits per heavy atom. The lowest BCUT2D eigenvalue weighted by molar-refractivity contribution is -0.128. The van der Waals surface area contributed by atoms with E-state index in [0.29, 0.717) is 24.4 Å². The highest BCUT2D eigenvalue weighted by atomic mass is 32.2. The van der Waals surface area contributed by atoms with Gasteiger partial charge in [-0.05, 0) is 62.0 Å². The van der Waals surface area contributed by atoms with Gasteiger partial charge < -0.3 is 10.2 Å². The van der Waals surface area contributed by atoms with E-state index in [2.05, 4.69) is 5.32 Å². The van der Waals surface area contributed by atoms with Gasteiger partial charge in [0.2, 0.25) is 15.9 Å². The first-order valence-electron chi connectivity index (χ1n) is 8.95. The first-order chi connectivity index (χ1) is 11.9. The number of amides is 1. The summed E-state index contributed by atoms with van der Waals surface area (Å²) in [6, 6.07) is 5.50. The number of hydrogen-bond donors (Lipinski definition) is 1. The number of piperidine rings is 1. The van der Waals surface area contributed by atoms with Gasteiger partial charge >= 0.3 is 0 Å². The van der Waals surface area contributed by atoms with E-state index in [4.69, 9.17) is 0 Å². The van der Waals surface area contributed by atoms with Crippen molar-refractivity contribution in [1.29, 1.82) is 0 Å². The average molecular weight is 365 g/mol. The van der Waals surface area contributed by atoms with E-state index in [1.165, 1.54) is 4.31 Å². The average Bonchev–Trinajstić information content (AvgIpc) is 2.83. The first-order valence-corrected chi connectivity index (χ1v) is 10.4. The molecule has 1 amide bonds. The van der Waals surface area contributed by atoms with Gasteiger partial charge in [-0.3, -0.25) is 4.79 Å². The topological polar surface area (TPSA) is 69.7 Å². The van der Waals surface area contributed by atoms with Crippen molar-refractivity contribution in [3.63, 3.8) is 0 Å². The number of nitrogens with zero attached hydrogens (tertiary/aromatic N) is 2. The number of hydrogen-bond acceptors (Lipinski definition) is 4. The predicted molar refractivity (Wildman–Crippen MR) is 96.9 cm³/mol. The third-order valence-corrected chi connectivity index (χ3v) is 7.33. The lowest BCUT2D eigenvalue weighted by atomic mass is 10.0. The van der Waals surface area contributed by atoms with E-state index < -0.39 is 10.0 Å². The molecule has 1 fully saturated rings. The van der Waals surface area contributed by atoms with Crippen molar-refractivity contribution in [2.75, 3.05) is 33.2 Å². The van der Waals surface area contributed by atoms with Crippen molar-refractivity contribution >= 4 is 15.9 Å². The zero-order valence-corrected chi connectivity index (χ0v) is 15.8. The summed E-state index contributed by atoms with van der Waals surface area (Å²) < 4.78 is 27.6. The molecule has 0 saturated carbocycles. The molecule has 138 valence electrons. The second-order valence-corrected chi connectivity index (χ2v) is 8.94. The maximum absolute atomic E-state index is 13.0. The summed E-state index contributed by atoms with van der Waals surface area (Å²) >= 11 is 0. The van der Waals surface area contributed by atoms with Gasteiger partial charge in [0, 0.05) is 33.1 Å². The minimum absolute atomic E-state index is 0.0539. The maximum atomic E-state index is 13.0. The van der Waals surface area contributed by atoms with Crippen LogP contribution >= 0.6 is 0 Å². The Labute approximate surface area is 150 Å². The van der Waals surface area contributed by atoms with Gasteiger partial charge in [-0.15, -0.1) is 0 Å². The van der Waals surface area contributed by atoms with Crippen LogP contribution < -0.4 is 5.32 Å². The van der Waals surface area contributed by atoms with Gasteiger partial charge in [-0.25, -0.2) is 8.42 Å². The number of sulfonamides is 1. The molecular weight excluding hydrogens is 338 g/mol. The molecule has 2 aliphatic rings. The van der Waals surface area contributed by atoms with Crippen molar-refractivity contribution in [1.82, 2.24) is 14.5 Å². The zero-order valence-electron chi connectivity index (χ0n) is 15.0. The lowest BCUT2D eigenvalue weighted by Crippen LogP contribution is -2.43. The van der Waals surface area contributed by atoms with E-state index in [9.17, 15) is 13.2 Å². The van der Waals surface area contributed by atoms with E-state index in [1.807, 2.05) is 17.0 Å². The first kappa shape index (κ1) is 18.4. The highest BCUT2D eigenvalue weighted by Crippen LogP contribution is 2.25. The van der Waals surface area contributed by atoms with Crippen LogP contribution in [0, 0.1) is 0 Å². The summed E-state index contributed by atoms with van der Waals surface area (Å²) in [6.07, 6.45) is 3.16. The van der Waals surface area contributed by atoms with Crippen LogP contribution in [-0.4, -0.2) is 62.8 Å². The van der Waals surface area contributed by atoms with Crippen LogP contribution in [0.4, 0.5) is 0 Å². The largest absolute Gasteiger partial charge is 0.342 e. The summed E-state index contributed by atoms with van der Waals surface area (Å²) in [4.78, 5) is 13.8. The van der Waals surface area contributed by atoms with Crippen LogP contribution in [0.1, 0.15) is 30.9 Å². The highest BCUT2D eigenvalue weighted by molar-refractivity contribution is 7.89. The molecule has 0 aromatic heterocycles. The van der Waals surface area contributed by atoms with Gasteiger partial charge in [0.25, 0.3) is 0 Å². The molecule has 0 bridgehead atoms. The summed E-state index contributed by atoms with van der Waals surface area (Å²) in [5.74, 6) is 0.0753. The second-order valence-electron chi connectivity index (χ2n) is 6.94. The molecule has 1 aromatic carbocycles. The molecule has 2 aliphatic heterocycles. The minimum Gasteiger partial charge on any atom is -0.342 e. The quantitative estimate of drug-likeness (QED) is 0.868. The van der Waals surface area contributed by atoms with E-state index in [1.54, 1.807) is 20.0 Å². The molecule has 25 heavy (non-hydrogen) atoms. The second kappa shape index (κ2) is 7.43. The molecule has 1 saturated heterocycles. The van der Waals surface area contributed by atoms with Crippen LogP contribution in [0.5, 0.6) is 0 Å². The Bertz CT molecular complexity index is 742. The maximum Gasteiger partial charge on any atom is 0.243 e. The molecule has 1 aromatic rings. The molecule has 0 atom stereocenters. The fourth-order valence-electron chi connectivity index (χ4n) is 3.71.